The van der Waals surface area contributed by atoms with Gasteiger partial charge >= 0.3 is 0 Å². The summed E-state index contributed by atoms with van der Waals surface area (Å²) in [4.78, 5) is 21.4. The lowest BCUT2D eigenvalue weighted by Crippen LogP contribution is -2.31. The normalized spacial score (nSPS) is 14.5. The maximum atomic E-state index is 12.3. The van der Waals surface area contributed by atoms with Gasteiger partial charge in [0.25, 0.3) is 5.91 Å². The molecule has 0 bridgehead atoms. The summed E-state index contributed by atoms with van der Waals surface area (Å²) in [5, 5.41) is 12.2. The highest BCUT2D eigenvalue weighted by atomic mass is 32.1. The fraction of sp³-hybridized carbons (Fsp3) is 0.350. The van der Waals surface area contributed by atoms with Crippen LogP contribution in [0.2, 0.25) is 0 Å². The summed E-state index contributed by atoms with van der Waals surface area (Å²) in [7, 11) is 0. The number of rotatable bonds is 5. The Labute approximate surface area is 173 Å². The van der Waals surface area contributed by atoms with Crippen LogP contribution in [-0.2, 0) is 6.42 Å². The third-order valence-electron chi connectivity index (χ3n) is 4.78. The molecule has 1 N–H and O–H groups in total. The summed E-state index contributed by atoms with van der Waals surface area (Å²) < 4.78 is 4.39. The Morgan fingerprint density at radius 2 is 1.83 bits per heavy atom. The van der Waals surface area contributed by atoms with E-state index in [-0.39, 0.29) is 5.91 Å². The fourth-order valence-corrected chi connectivity index (χ4v) is 3.99. The maximum absolute atomic E-state index is 12.3. The van der Waals surface area contributed by atoms with E-state index in [0.29, 0.717) is 5.69 Å². The number of hydrogen-bond donors (Lipinski definition) is 1. The molecular formula is C20H23N7OS. The Hall–Kier alpha value is -3.07. The van der Waals surface area contributed by atoms with Crippen LogP contribution >= 0.6 is 11.5 Å². The molecule has 0 saturated carbocycles. The number of aryl methyl sites for hydroxylation is 1. The number of benzene rings is 1. The van der Waals surface area contributed by atoms with Crippen molar-refractivity contribution in [2.45, 2.75) is 19.8 Å². The number of amides is 1. The van der Waals surface area contributed by atoms with Gasteiger partial charge in [0.2, 0.25) is 5.13 Å². The predicted molar refractivity (Wildman–Crippen MR) is 115 cm³/mol. The molecule has 150 valence electrons. The predicted octanol–water partition coefficient (Wildman–Crippen LogP) is 2.86. The molecule has 29 heavy (non-hydrogen) atoms. The van der Waals surface area contributed by atoms with E-state index in [4.69, 9.17) is 0 Å². The molecule has 1 aliphatic heterocycles. The zero-order valence-electron chi connectivity index (χ0n) is 16.3. The standard InChI is InChI=1S/C20H23N7OS/c1-2-17-22-20(29-25-17)27-12-6-11-26(13-14-27)18-10-9-16(23-24-18)19(28)21-15-7-4-3-5-8-15/h3-5,7-10H,2,6,11-14H2,1H3,(H,21,28). The fourth-order valence-electron chi connectivity index (χ4n) is 3.19. The summed E-state index contributed by atoms with van der Waals surface area (Å²) in [6, 6.07) is 12.9. The summed E-state index contributed by atoms with van der Waals surface area (Å²) in [6.07, 6.45) is 1.86. The number of para-hydroxylation sites is 1. The number of carbonyl (C=O) groups excluding carboxylic acids is 1. The van der Waals surface area contributed by atoms with Gasteiger partial charge in [-0.15, -0.1) is 10.2 Å². The molecule has 3 heterocycles. The highest BCUT2D eigenvalue weighted by molar-refractivity contribution is 7.09. The number of anilines is 3. The molecule has 0 radical (unpaired) electrons. The molecule has 1 amide bonds. The van der Waals surface area contributed by atoms with Crippen LogP contribution in [0.1, 0.15) is 29.7 Å². The minimum absolute atomic E-state index is 0.264. The van der Waals surface area contributed by atoms with Crippen molar-refractivity contribution in [3.63, 3.8) is 0 Å². The van der Waals surface area contributed by atoms with Crippen molar-refractivity contribution in [1.29, 1.82) is 0 Å². The summed E-state index contributed by atoms with van der Waals surface area (Å²) in [5.74, 6) is 1.43. The van der Waals surface area contributed by atoms with Gasteiger partial charge in [-0.3, -0.25) is 4.79 Å². The third-order valence-corrected chi connectivity index (χ3v) is 5.59. The lowest BCUT2D eigenvalue weighted by atomic mass is 10.3. The van der Waals surface area contributed by atoms with Crippen molar-refractivity contribution in [2.75, 3.05) is 41.3 Å². The van der Waals surface area contributed by atoms with Crippen LogP contribution in [-0.4, -0.2) is 51.6 Å². The third kappa shape index (κ3) is 4.68. The lowest BCUT2D eigenvalue weighted by Gasteiger charge is -2.21. The second-order valence-corrected chi connectivity index (χ2v) is 7.50. The van der Waals surface area contributed by atoms with Crippen molar-refractivity contribution in [3.8, 4) is 0 Å². The van der Waals surface area contributed by atoms with Crippen molar-refractivity contribution >= 4 is 34.1 Å². The van der Waals surface area contributed by atoms with Gasteiger partial charge in [0, 0.05) is 49.8 Å². The minimum Gasteiger partial charge on any atom is -0.353 e. The SMILES string of the molecule is CCc1nsc(N2CCCN(c3ccc(C(=O)Nc4ccccc4)nn3)CC2)n1. The number of nitrogens with one attached hydrogen (secondary N) is 1. The first kappa shape index (κ1) is 19.3. The lowest BCUT2D eigenvalue weighted by molar-refractivity contribution is 0.102. The van der Waals surface area contributed by atoms with Crippen LogP contribution in [0.4, 0.5) is 16.6 Å². The molecule has 1 aromatic carbocycles. The Kier molecular flexibility index (Phi) is 5.95. The van der Waals surface area contributed by atoms with E-state index in [0.717, 1.165) is 61.5 Å². The first-order chi connectivity index (χ1) is 14.2. The highest BCUT2D eigenvalue weighted by Crippen LogP contribution is 2.21. The largest absolute Gasteiger partial charge is 0.353 e. The Morgan fingerprint density at radius 3 is 2.55 bits per heavy atom. The average molecular weight is 410 g/mol. The van der Waals surface area contributed by atoms with E-state index in [1.165, 1.54) is 11.5 Å². The summed E-state index contributed by atoms with van der Waals surface area (Å²) >= 11 is 1.47. The van der Waals surface area contributed by atoms with Gasteiger partial charge in [-0.2, -0.15) is 4.37 Å². The monoisotopic (exact) mass is 409 g/mol. The van der Waals surface area contributed by atoms with Crippen LogP contribution < -0.4 is 15.1 Å². The summed E-state index contributed by atoms with van der Waals surface area (Å²) in [6.45, 7) is 5.58. The van der Waals surface area contributed by atoms with Gasteiger partial charge in [-0.05, 0) is 30.7 Å². The van der Waals surface area contributed by atoms with Crippen molar-refractivity contribution in [3.05, 3.63) is 54.0 Å². The quantitative estimate of drug-likeness (QED) is 0.693. The van der Waals surface area contributed by atoms with Crippen LogP contribution in [0, 0.1) is 0 Å². The molecule has 0 spiro atoms. The number of nitrogens with zero attached hydrogens (tertiary/aromatic N) is 6. The molecular weight excluding hydrogens is 386 g/mol. The van der Waals surface area contributed by atoms with Crippen molar-refractivity contribution in [2.24, 2.45) is 0 Å². The maximum Gasteiger partial charge on any atom is 0.276 e. The molecule has 0 unspecified atom stereocenters. The number of carbonyl (C=O) groups is 1. The van der Waals surface area contributed by atoms with Crippen LogP contribution in [0.5, 0.6) is 0 Å². The average Bonchev–Trinajstić information content (AvgIpc) is 3.11. The topological polar surface area (TPSA) is 87.1 Å². The smallest absolute Gasteiger partial charge is 0.276 e. The van der Waals surface area contributed by atoms with E-state index in [1.807, 2.05) is 36.4 Å². The molecule has 0 aliphatic carbocycles. The van der Waals surface area contributed by atoms with E-state index < -0.39 is 0 Å². The molecule has 1 saturated heterocycles. The van der Waals surface area contributed by atoms with Gasteiger partial charge in [-0.25, -0.2) is 4.98 Å². The van der Waals surface area contributed by atoms with Gasteiger partial charge in [0.05, 0.1) is 0 Å². The van der Waals surface area contributed by atoms with E-state index in [2.05, 4.69) is 41.6 Å². The Morgan fingerprint density at radius 1 is 1.03 bits per heavy atom. The minimum atomic E-state index is -0.264. The van der Waals surface area contributed by atoms with Gasteiger partial charge < -0.3 is 15.1 Å². The Bertz CT molecular complexity index is 945. The van der Waals surface area contributed by atoms with E-state index in [1.54, 1.807) is 6.07 Å². The second kappa shape index (κ2) is 8.95. The second-order valence-electron chi connectivity index (χ2n) is 6.77. The van der Waals surface area contributed by atoms with E-state index in [9.17, 15) is 4.79 Å². The highest BCUT2D eigenvalue weighted by Gasteiger charge is 2.19. The van der Waals surface area contributed by atoms with E-state index >= 15 is 0 Å². The molecule has 0 atom stereocenters. The molecule has 8 nitrogen and oxygen atoms in total. The molecule has 1 aliphatic rings. The van der Waals surface area contributed by atoms with Crippen molar-refractivity contribution in [1.82, 2.24) is 19.6 Å². The van der Waals surface area contributed by atoms with Gasteiger partial charge in [0.15, 0.2) is 11.5 Å². The molecule has 3 aromatic rings. The zero-order chi connectivity index (χ0) is 20.1. The zero-order valence-corrected chi connectivity index (χ0v) is 17.1. The van der Waals surface area contributed by atoms with Crippen LogP contribution in [0.25, 0.3) is 0 Å². The number of hydrogen-bond acceptors (Lipinski definition) is 8. The first-order valence-corrected chi connectivity index (χ1v) is 10.5. The molecule has 4 rings (SSSR count). The van der Waals surface area contributed by atoms with Crippen LogP contribution in [0.15, 0.2) is 42.5 Å². The van der Waals surface area contributed by atoms with Crippen molar-refractivity contribution < 1.29 is 4.79 Å². The molecule has 9 heteroatoms. The Balaban J connectivity index is 1.38. The van der Waals surface area contributed by atoms with Crippen LogP contribution in [0.3, 0.4) is 0 Å². The molecule has 1 fully saturated rings. The first-order valence-electron chi connectivity index (χ1n) is 9.75. The summed E-state index contributed by atoms with van der Waals surface area (Å²) in [5.41, 5.74) is 1.04. The number of aromatic nitrogens is 4. The van der Waals surface area contributed by atoms with Gasteiger partial charge in [-0.1, -0.05) is 25.1 Å². The molecule has 2 aromatic heterocycles. The van der Waals surface area contributed by atoms with Gasteiger partial charge in [0.1, 0.15) is 5.82 Å².